The van der Waals surface area contributed by atoms with Gasteiger partial charge in [-0.05, 0) is 96.1 Å². The summed E-state index contributed by atoms with van der Waals surface area (Å²) in [5.41, 5.74) is 13.1. The van der Waals surface area contributed by atoms with Gasteiger partial charge in [0.1, 0.15) is 11.2 Å². The van der Waals surface area contributed by atoms with Crippen LogP contribution in [0.4, 0.5) is 34.1 Å². The lowest BCUT2D eigenvalue weighted by Crippen LogP contribution is -2.15. The van der Waals surface area contributed by atoms with E-state index in [2.05, 4.69) is 206 Å². The van der Waals surface area contributed by atoms with Crippen LogP contribution in [0.3, 0.4) is 0 Å². The van der Waals surface area contributed by atoms with E-state index in [0.29, 0.717) is 0 Å². The van der Waals surface area contributed by atoms with Gasteiger partial charge in [-0.3, -0.25) is 0 Å². The van der Waals surface area contributed by atoms with Crippen molar-refractivity contribution >= 4 is 110 Å². The Labute approximate surface area is 341 Å². The molecule has 12 rings (SSSR count). The van der Waals surface area contributed by atoms with Crippen molar-refractivity contribution in [3.05, 3.63) is 193 Å². The number of para-hydroxylation sites is 6. The van der Waals surface area contributed by atoms with E-state index in [4.69, 9.17) is 8.83 Å². The third kappa shape index (κ3) is 4.96. The van der Waals surface area contributed by atoms with E-state index in [0.717, 1.165) is 99.9 Å². The zero-order valence-corrected chi connectivity index (χ0v) is 33.0. The molecule has 0 aliphatic heterocycles. The van der Waals surface area contributed by atoms with Gasteiger partial charge in [0.05, 0.1) is 22.7 Å². The first-order chi connectivity index (χ1) is 29.0. The van der Waals surface area contributed by atoms with Crippen molar-refractivity contribution in [2.24, 2.45) is 0 Å². The first-order valence-corrected chi connectivity index (χ1v) is 20.3. The fourth-order valence-corrected chi connectivity index (χ4v) is 9.62. The van der Waals surface area contributed by atoms with Crippen molar-refractivity contribution in [1.82, 2.24) is 0 Å². The van der Waals surface area contributed by atoms with Crippen LogP contribution in [0.25, 0.3) is 76.2 Å². The second-order valence-electron chi connectivity index (χ2n) is 15.9. The minimum absolute atomic E-state index is 0.853. The minimum atomic E-state index is 0.853. The highest BCUT2D eigenvalue weighted by atomic mass is 16.3. The Balaban J connectivity index is 1.25. The number of benzene rings is 10. The normalized spacial score (nSPS) is 12.0. The van der Waals surface area contributed by atoms with Crippen molar-refractivity contribution in [3.63, 3.8) is 0 Å². The summed E-state index contributed by atoms with van der Waals surface area (Å²) >= 11 is 0. The van der Waals surface area contributed by atoms with Crippen molar-refractivity contribution in [2.75, 3.05) is 9.80 Å². The highest BCUT2D eigenvalue weighted by Gasteiger charge is 2.28. The van der Waals surface area contributed by atoms with Crippen LogP contribution in [0, 0.1) is 20.8 Å². The second-order valence-corrected chi connectivity index (χ2v) is 15.9. The average molecular weight is 759 g/mol. The quantitative estimate of drug-likeness (QED) is 0.158. The van der Waals surface area contributed by atoms with Crippen molar-refractivity contribution in [3.8, 4) is 0 Å². The van der Waals surface area contributed by atoms with Gasteiger partial charge in [-0.1, -0.05) is 133 Å². The molecule has 0 spiro atoms. The number of hydrogen-bond donors (Lipinski definition) is 0. The summed E-state index contributed by atoms with van der Waals surface area (Å²) < 4.78 is 13.8. The molecule has 0 N–H and O–H groups in total. The molecule has 59 heavy (non-hydrogen) atoms. The van der Waals surface area contributed by atoms with Crippen molar-refractivity contribution < 1.29 is 8.83 Å². The minimum Gasteiger partial charge on any atom is -0.454 e. The van der Waals surface area contributed by atoms with Crippen LogP contribution in [0.5, 0.6) is 0 Å². The molecule has 2 heterocycles. The number of hydrogen-bond acceptors (Lipinski definition) is 4. The van der Waals surface area contributed by atoms with Crippen LogP contribution in [0.1, 0.15) is 16.7 Å². The van der Waals surface area contributed by atoms with E-state index < -0.39 is 0 Å². The summed E-state index contributed by atoms with van der Waals surface area (Å²) in [5.74, 6) is 0. The van der Waals surface area contributed by atoms with Crippen LogP contribution in [-0.2, 0) is 0 Å². The van der Waals surface area contributed by atoms with Crippen LogP contribution in [-0.4, -0.2) is 0 Å². The van der Waals surface area contributed by atoms with Gasteiger partial charge < -0.3 is 18.6 Å². The monoisotopic (exact) mass is 758 g/mol. The third-order valence-corrected chi connectivity index (χ3v) is 12.2. The SMILES string of the molecule is Cc1cc2ccc3c(N(c4ccccc4)c4cccc5c4oc4c(C)cccc45)cc(N(c4ccccc4)c4cccc5c4oc4c(C)cccc45)c4ccc(c1)c2c34. The van der Waals surface area contributed by atoms with Gasteiger partial charge in [-0.15, -0.1) is 0 Å². The molecule has 0 fully saturated rings. The predicted octanol–water partition coefficient (Wildman–Crippen LogP) is 16.2. The molecule has 0 bridgehead atoms. The summed E-state index contributed by atoms with van der Waals surface area (Å²) in [5, 5.41) is 11.7. The smallest absolute Gasteiger partial charge is 0.159 e. The summed E-state index contributed by atoms with van der Waals surface area (Å²) in [7, 11) is 0. The van der Waals surface area contributed by atoms with Gasteiger partial charge in [0.15, 0.2) is 11.2 Å². The van der Waals surface area contributed by atoms with Crippen LogP contribution >= 0.6 is 0 Å². The highest BCUT2D eigenvalue weighted by Crippen LogP contribution is 2.52. The molecule has 12 aromatic rings. The van der Waals surface area contributed by atoms with Crippen molar-refractivity contribution in [2.45, 2.75) is 20.8 Å². The number of fused-ring (bicyclic) bond motifs is 6. The molecule has 0 saturated carbocycles. The van der Waals surface area contributed by atoms with E-state index in [-0.39, 0.29) is 0 Å². The topological polar surface area (TPSA) is 32.8 Å². The number of anilines is 6. The first kappa shape index (κ1) is 33.6. The van der Waals surface area contributed by atoms with Gasteiger partial charge in [0.25, 0.3) is 0 Å². The molecule has 4 heteroatoms. The van der Waals surface area contributed by atoms with Gasteiger partial charge in [0.2, 0.25) is 0 Å². The second kappa shape index (κ2) is 12.7. The Morgan fingerprint density at radius 2 is 0.746 bits per heavy atom. The fourth-order valence-electron chi connectivity index (χ4n) is 9.62. The zero-order chi connectivity index (χ0) is 39.4. The van der Waals surface area contributed by atoms with E-state index in [1.807, 2.05) is 0 Å². The molecule has 10 aromatic carbocycles. The highest BCUT2D eigenvalue weighted by molar-refractivity contribution is 6.29. The van der Waals surface area contributed by atoms with Crippen LogP contribution in [0.15, 0.2) is 185 Å². The number of furan rings is 2. The Morgan fingerprint density at radius 3 is 1.20 bits per heavy atom. The summed E-state index contributed by atoms with van der Waals surface area (Å²) in [6, 6.07) is 63.5. The Hall–Kier alpha value is -7.56. The molecule has 0 saturated heterocycles. The average Bonchev–Trinajstić information content (AvgIpc) is 3.86. The van der Waals surface area contributed by atoms with Gasteiger partial charge >= 0.3 is 0 Å². The number of rotatable bonds is 6. The lowest BCUT2D eigenvalue weighted by molar-refractivity contribution is 0.666. The third-order valence-electron chi connectivity index (χ3n) is 12.2. The molecule has 280 valence electrons. The van der Waals surface area contributed by atoms with E-state index >= 15 is 0 Å². The Morgan fingerprint density at radius 1 is 0.322 bits per heavy atom. The molecule has 0 atom stereocenters. The summed E-state index contributed by atoms with van der Waals surface area (Å²) in [4.78, 5) is 4.80. The summed E-state index contributed by atoms with van der Waals surface area (Å²) in [6.45, 7) is 6.43. The fraction of sp³-hybridized carbons (Fsp3) is 0.0545. The largest absolute Gasteiger partial charge is 0.454 e. The molecule has 2 aromatic heterocycles. The molecule has 0 amide bonds. The predicted molar refractivity (Wildman–Crippen MR) is 248 cm³/mol. The van der Waals surface area contributed by atoms with E-state index in [1.165, 1.54) is 27.1 Å². The first-order valence-electron chi connectivity index (χ1n) is 20.3. The Kier molecular flexibility index (Phi) is 7.24. The lowest BCUT2D eigenvalue weighted by Gasteiger charge is -2.32. The maximum absolute atomic E-state index is 6.92. The maximum Gasteiger partial charge on any atom is 0.159 e. The molecule has 4 nitrogen and oxygen atoms in total. The molecule has 0 aliphatic carbocycles. The van der Waals surface area contributed by atoms with Crippen LogP contribution in [0.2, 0.25) is 0 Å². The zero-order valence-electron chi connectivity index (χ0n) is 33.0. The number of aryl methyl sites for hydroxylation is 3. The lowest BCUT2D eigenvalue weighted by atomic mass is 9.90. The van der Waals surface area contributed by atoms with E-state index in [9.17, 15) is 0 Å². The summed E-state index contributed by atoms with van der Waals surface area (Å²) in [6.07, 6.45) is 0. The maximum atomic E-state index is 6.92. The molecule has 0 radical (unpaired) electrons. The van der Waals surface area contributed by atoms with Gasteiger partial charge in [-0.2, -0.15) is 0 Å². The number of nitrogens with zero attached hydrogens (tertiary/aromatic N) is 2. The van der Waals surface area contributed by atoms with Crippen LogP contribution < -0.4 is 9.80 Å². The standard InChI is InChI=1S/C55H38N2O2/c1-33-30-36-26-28-44-48(56(38-16-6-4-7-17-38)46-24-12-22-42-40-20-10-14-34(2)52(40)58-54(42)46)32-49(45-29-27-37(31-33)50(36)51(44)45)57(39-18-8-5-9-19-39)47-25-13-23-43-41-21-11-15-35(3)53(41)59-55(43)47/h4-32H,1-3H3. The van der Waals surface area contributed by atoms with Gasteiger partial charge in [-0.25, -0.2) is 0 Å². The van der Waals surface area contributed by atoms with E-state index in [1.54, 1.807) is 0 Å². The van der Waals surface area contributed by atoms with Crippen molar-refractivity contribution in [1.29, 1.82) is 0 Å². The Bertz CT molecular complexity index is 3370. The molecular formula is C55H38N2O2. The molecule has 0 aliphatic rings. The molecular weight excluding hydrogens is 721 g/mol. The van der Waals surface area contributed by atoms with Gasteiger partial charge in [0, 0.05) is 49.1 Å². The molecule has 0 unspecified atom stereocenters.